The zero-order valence-corrected chi connectivity index (χ0v) is 19.6. The number of nitrogens with one attached hydrogen (secondary N) is 1. The van der Waals surface area contributed by atoms with E-state index in [1.54, 1.807) is 31.2 Å². The third kappa shape index (κ3) is 6.09. The van der Waals surface area contributed by atoms with E-state index in [0.717, 1.165) is 22.2 Å². The van der Waals surface area contributed by atoms with Crippen molar-refractivity contribution in [3.05, 3.63) is 57.5 Å². The number of amides is 3. The molecule has 3 amide bonds. The van der Waals surface area contributed by atoms with E-state index < -0.39 is 17.1 Å². The summed E-state index contributed by atoms with van der Waals surface area (Å²) in [5, 5.41) is 2.40. The number of hydrogen-bond donors (Lipinski definition) is 1. The Morgan fingerprint density at radius 2 is 1.97 bits per heavy atom. The Kier molecular flexibility index (Phi) is 8.04. The van der Waals surface area contributed by atoms with E-state index in [9.17, 15) is 14.4 Å². The lowest BCUT2D eigenvalue weighted by atomic mass is 10.1. The predicted octanol–water partition coefficient (Wildman–Crippen LogP) is 4.73. The van der Waals surface area contributed by atoms with E-state index in [1.807, 2.05) is 19.1 Å². The van der Waals surface area contributed by atoms with Crippen molar-refractivity contribution in [2.24, 2.45) is 0 Å². The van der Waals surface area contributed by atoms with Crippen LogP contribution in [0.25, 0.3) is 6.08 Å². The molecule has 170 valence electrons. The van der Waals surface area contributed by atoms with E-state index in [1.165, 1.54) is 6.08 Å². The fraction of sp³-hybridized carbons (Fsp3) is 0.208. The van der Waals surface area contributed by atoms with Gasteiger partial charge in [0, 0.05) is 5.69 Å². The molecule has 3 rings (SSSR count). The zero-order valence-electron chi connectivity index (χ0n) is 18.0. The van der Waals surface area contributed by atoms with Crippen LogP contribution in [-0.2, 0) is 9.59 Å². The van der Waals surface area contributed by atoms with Crippen molar-refractivity contribution < 1.29 is 23.9 Å². The molecule has 1 aliphatic heterocycles. The Hall–Kier alpha value is -3.41. The second kappa shape index (κ2) is 10.9. The molecule has 1 heterocycles. The lowest BCUT2D eigenvalue weighted by molar-refractivity contribution is -0.127. The number of hydrogen-bond acceptors (Lipinski definition) is 6. The molecular weight excluding hydrogens is 464 g/mol. The van der Waals surface area contributed by atoms with Gasteiger partial charge in [-0.25, -0.2) is 0 Å². The molecule has 2 aromatic carbocycles. The van der Waals surface area contributed by atoms with Crippen LogP contribution in [-0.4, -0.2) is 41.7 Å². The summed E-state index contributed by atoms with van der Waals surface area (Å²) < 4.78 is 11.0. The summed E-state index contributed by atoms with van der Waals surface area (Å²) in [5.41, 5.74) is 2.16. The van der Waals surface area contributed by atoms with Gasteiger partial charge >= 0.3 is 0 Å². The van der Waals surface area contributed by atoms with E-state index in [2.05, 4.69) is 11.2 Å². The molecule has 0 saturated carbocycles. The average molecular weight is 485 g/mol. The summed E-state index contributed by atoms with van der Waals surface area (Å²) in [6.45, 7) is 3.72. The van der Waals surface area contributed by atoms with Crippen LogP contribution in [0.3, 0.4) is 0 Å². The summed E-state index contributed by atoms with van der Waals surface area (Å²) in [6, 6.07) is 10.4. The smallest absolute Gasteiger partial charge is 0.294 e. The molecule has 1 aliphatic rings. The first-order valence-corrected chi connectivity index (χ1v) is 11.2. The van der Waals surface area contributed by atoms with Gasteiger partial charge in [-0.15, -0.1) is 6.42 Å². The number of carbonyl (C=O) groups is 3. The fourth-order valence-corrected chi connectivity index (χ4v) is 4.07. The monoisotopic (exact) mass is 484 g/mol. The SMILES string of the molecule is C#CCOc1c(Cl)cc(C=C2SC(=O)N(CC(=O)Nc3ccc(C)cc3)C2=O)cc1OCC. The van der Waals surface area contributed by atoms with Gasteiger partial charge in [0.05, 0.1) is 16.5 Å². The maximum atomic E-state index is 12.8. The molecular formula is C24H21ClN2O5S. The van der Waals surface area contributed by atoms with Crippen molar-refractivity contribution in [2.75, 3.05) is 25.1 Å². The number of imide groups is 1. The molecule has 2 aromatic rings. The summed E-state index contributed by atoms with van der Waals surface area (Å²) in [7, 11) is 0. The first-order valence-electron chi connectivity index (χ1n) is 9.96. The number of ether oxygens (including phenoxy) is 2. The molecule has 0 bridgehead atoms. The van der Waals surface area contributed by atoms with Crippen molar-refractivity contribution in [1.29, 1.82) is 0 Å². The van der Waals surface area contributed by atoms with E-state index >= 15 is 0 Å². The topological polar surface area (TPSA) is 84.9 Å². The highest BCUT2D eigenvalue weighted by Crippen LogP contribution is 2.39. The van der Waals surface area contributed by atoms with Crippen molar-refractivity contribution in [1.82, 2.24) is 4.90 Å². The van der Waals surface area contributed by atoms with Gasteiger partial charge in [-0.2, -0.15) is 0 Å². The highest BCUT2D eigenvalue weighted by atomic mass is 35.5. The number of rotatable bonds is 8. The average Bonchev–Trinajstić information content (AvgIpc) is 3.02. The Balaban J connectivity index is 1.76. The Bertz CT molecular complexity index is 1150. The molecule has 0 spiro atoms. The second-order valence-electron chi connectivity index (χ2n) is 6.94. The molecule has 7 nitrogen and oxygen atoms in total. The van der Waals surface area contributed by atoms with Crippen LogP contribution in [0.5, 0.6) is 11.5 Å². The summed E-state index contributed by atoms with van der Waals surface area (Å²) >= 11 is 7.06. The van der Waals surface area contributed by atoms with Crippen LogP contribution in [0.1, 0.15) is 18.1 Å². The Labute approximate surface area is 201 Å². The molecule has 1 saturated heterocycles. The lowest BCUT2D eigenvalue weighted by Crippen LogP contribution is -2.36. The van der Waals surface area contributed by atoms with Crippen LogP contribution >= 0.6 is 23.4 Å². The van der Waals surface area contributed by atoms with Gasteiger partial charge in [-0.1, -0.05) is 35.2 Å². The molecule has 0 atom stereocenters. The number of carbonyl (C=O) groups excluding carboxylic acids is 3. The number of nitrogens with zero attached hydrogens (tertiary/aromatic N) is 1. The molecule has 33 heavy (non-hydrogen) atoms. The third-order valence-corrected chi connectivity index (χ3v) is 5.63. The van der Waals surface area contributed by atoms with Gasteiger partial charge in [0.15, 0.2) is 11.5 Å². The highest BCUT2D eigenvalue weighted by Gasteiger charge is 2.36. The zero-order chi connectivity index (χ0) is 24.0. The van der Waals surface area contributed by atoms with E-state index in [4.69, 9.17) is 27.5 Å². The third-order valence-electron chi connectivity index (χ3n) is 4.44. The van der Waals surface area contributed by atoms with Crippen LogP contribution in [0, 0.1) is 19.3 Å². The quantitative estimate of drug-likeness (QED) is 0.430. The number of aryl methyl sites for hydroxylation is 1. The van der Waals surface area contributed by atoms with Gasteiger partial charge < -0.3 is 14.8 Å². The number of halogens is 1. The van der Waals surface area contributed by atoms with Crippen LogP contribution in [0.2, 0.25) is 5.02 Å². The fourth-order valence-electron chi connectivity index (χ4n) is 2.96. The molecule has 9 heteroatoms. The second-order valence-corrected chi connectivity index (χ2v) is 8.34. The number of terminal acetylenes is 1. The van der Waals surface area contributed by atoms with Gasteiger partial charge in [-0.05, 0) is 61.5 Å². The molecule has 0 radical (unpaired) electrons. The van der Waals surface area contributed by atoms with Gasteiger partial charge in [0.2, 0.25) is 5.91 Å². The largest absolute Gasteiger partial charge is 0.490 e. The van der Waals surface area contributed by atoms with Crippen molar-refractivity contribution in [3.8, 4) is 23.8 Å². The maximum Gasteiger partial charge on any atom is 0.294 e. The minimum Gasteiger partial charge on any atom is -0.490 e. The standard InChI is InChI=1S/C24H21ClN2O5S/c1-4-10-32-22-18(25)11-16(12-19(22)31-5-2)13-20-23(29)27(24(30)33-20)14-21(28)26-17-8-6-15(3)7-9-17/h1,6-9,11-13H,5,10,14H2,2-3H3,(H,26,28). The molecule has 1 N–H and O–H groups in total. The number of thioether (sulfide) groups is 1. The maximum absolute atomic E-state index is 12.8. The van der Waals surface area contributed by atoms with Crippen molar-refractivity contribution >= 4 is 52.2 Å². The Morgan fingerprint density at radius 1 is 1.24 bits per heavy atom. The summed E-state index contributed by atoms with van der Waals surface area (Å²) in [6.07, 6.45) is 6.76. The first-order chi connectivity index (χ1) is 15.8. The van der Waals surface area contributed by atoms with Gasteiger partial charge in [0.1, 0.15) is 13.2 Å². The van der Waals surface area contributed by atoms with E-state index in [-0.39, 0.29) is 23.1 Å². The van der Waals surface area contributed by atoms with E-state index in [0.29, 0.717) is 29.4 Å². The molecule has 0 aromatic heterocycles. The minimum atomic E-state index is -0.564. The number of benzene rings is 2. The first kappa shape index (κ1) is 24.2. The lowest BCUT2D eigenvalue weighted by Gasteiger charge is -2.13. The van der Waals surface area contributed by atoms with Gasteiger partial charge in [0.25, 0.3) is 11.1 Å². The van der Waals surface area contributed by atoms with Crippen LogP contribution in [0.15, 0.2) is 41.3 Å². The minimum absolute atomic E-state index is 0.0166. The van der Waals surface area contributed by atoms with Crippen molar-refractivity contribution in [2.45, 2.75) is 13.8 Å². The van der Waals surface area contributed by atoms with Crippen LogP contribution in [0.4, 0.5) is 10.5 Å². The normalized spacial score (nSPS) is 14.4. The molecule has 0 unspecified atom stereocenters. The van der Waals surface area contributed by atoms with Crippen LogP contribution < -0.4 is 14.8 Å². The van der Waals surface area contributed by atoms with Crippen molar-refractivity contribution in [3.63, 3.8) is 0 Å². The molecule has 0 aliphatic carbocycles. The summed E-state index contributed by atoms with van der Waals surface area (Å²) in [5.74, 6) is 1.99. The summed E-state index contributed by atoms with van der Waals surface area (Å²) in [4.78, 5) is 38.6. The molecule has 1 fully saturated rings. The Morgan fingerprint density at radius 3 is 2.64 bits per heavy atom. The number of anilines is 1. The predicted molar refractivity (Wildman–Crippen MR) is 129 cm³/mol. The van der Waals surface area contributed by atoms with Gasteiger partial charge in [-0.3, -0.25) is 19.3 Å². The highest BCUT2D eigenvalue weighted by molar-refractivity contribution is 8.18.